The zero-order chi connectivity index (χ0) is 21.7. The lowest BCUT2D eigenvalue weighted by Gasteiger charge is -2.20. The van der Waals surface area contributed by atoms with Crippen molar-refractivity contribution in [1.82, 2.24) is 19.9 Å². The highest BCUT2D eigenvalue weighted by Crippen LogP contribution is 2.40. The average Bonchev–Trinajstić information content (AvgIpc) is 3.20. The van der Waals surface area contributed by atoms with E-state index in [1.54, 1.807) is 0 Å². The Bertz CT molecular complexity index is 1150. The number of nitrogens with one attached hydrogen (secondary N) is 1. The van der Waals surface area contributed by atoms with Crippen LogP contribution < -0.4 is 15.0 Å². The molecule has 2 saturated heterocycles. The predicted octanol–water partition coefficient (Wildman–Crippen LogP) is 3.94. The van der Waals surface area contributed by atoms with Crippen LogP contribution in [0.3, 0.4) is 0 Å². The summed E-state index contributed by atoms with van der Waals surface area (Å²) in [7, 11) is 0. The van der Waals surface area contributed by atoms with Crippen LogP contribution in [0.1, 0.15) is 45.1 Å². The molecule has 0 bridgehead atoms. The molecule has 1 amide bonds. The first-order chi connectivity index (χ1) is 15.7. The number of benzene rings is 1. The van der Waals surface area contributed by atoms with Gasteiger partial charge >= 0.3 is 0 Å². The van der Waals surface area contributed by atoms with Gasteiger partial charge in [-0.05, 0) is 50.8 Å². The van der Waals surface area contributed by atoms with Gasteiger partial charge in [-0.3, -0.25) is 4.79 Å². The molecule has 0 unspecified atom stereocenters. The van der Waals surface area contributed by atoms with E-state index >= 15 is 0 Å². The van der Waals surface area contributed by atoms with Gasteiger partial charge in [-0.15, -0.1) is 0 Å². The van der Waals surface area contributed by atoms with Gasteiger partial charge in [0.25, 0.3) is 0 Å². The highest BCUT2D eigenvalue weighted by Gasteiger charge is 2.31. The number of carbonyl (C=O) groups is 1. The lowest BCUT2D eigenvalue weighted by Crippen LogP contribution is -2.26. The van der Waals surface area contributed by atoms with Crippen molar-refractivity contribution < 1.29 is 9.53 Å². The second-order valence-corrected chi connectivity index (χ2v) is 9.40. The van der Waals surface area contributed by atoms with Crippen LogP contribution in [0.5, 0.6) is 5.88 Å². The summed E-state index contributed by atoms with van der Waals surface area (Å²) in [5.41, 5.74) is 5.08. The van der Waals surface area contributed by atoms with E-state index in [0.717, 1.165) is 35.4 Å². The quantitative estimate of drug-likeness (QED) is 0.640. The molecule has 1 saturated carbocycles. The first-order valence-electron chi connectivity index (χ1n) is 11.8. The van der Waals surface area contributed by atoms with Gasteiger partial charge in [-0.25, -0.2) is 9.97 Å². The zero-order valence-electron chi connectivity index (χ0n) is 18.5. The molecule has 2 aromatic heterocycles. The first kappa shape index (κ1) is 19.6. The van der Waals surface area contributed by atoms with Gasteiger partial charge in [0.15, 0.2) is 0 Å². The van der Waals surface area contributed by atoms with Gasteiger partial charge in [0.05, 0.1) is 17.5 Å². The van der Waals surface area contributed by atoms with Crippen LogP contribution >= 0.6 is 0 Å². The first-order valence-corrected chi connectivity index (χ1v) is 11.8. The van der Waals surface area contributed by atoms with Gasteiger partial charge in [0.2, 0.25) is 11.8 Å². The molecule has 166 valence electrons. The summed E-state index contributed by atoms with van der Waals surface area (Å²) < 4.78 is 8.64. The lowest BCUT2D eigenvalue weighted by molar-refractivity contribution is -0.119. The van der Waals surface area contributed by atoms with Crippen molar-refractivity contribution in [3.63, 3.8) is 0 Å². The molecule has 2 aliphatic heterocycles. The smallest absolute Gasteiger partial charge is 0.241 e. The second-order valence-electron chi connectivity index (χ2n) is 9.40. The topological polar surface area (TPSA) is 72.3 Å². The monoisotopic (exact) mass is 431 g/mol. The van der Waals surface area contributed by atoms with Gasteiger partial charge in [-0.1, -0.05) is 12.1 Å². The summed E-state index contributed by atoms with van der Waals surface area (Å²) in [6, 6.07) is 11.2. The number of fused-ring (bicyclic) bond motifs is 1. The molecule has 0 spiro atoms. The Morgan fingerprint density at radius 2 is 1.94 bits per heavy atom. The van der Waals surface area contributed by atoms with E-state index in [-0.39, 0.29) is 17.9 Å². The molecule has 1 aliphatic carbocycles. The fourth-order valence-corrected chi connectivity index (χ4v) is 4.93. The molecule has 3 fully saturated rings. The van der Waals surface area contributed by atoms with Crippen LogP contribution in [-0.2, 0) is 4.79 Å². The normalized spacial score (nSPS) is 21.8. The number of ether oxygens (including phenoxy) is 1. The third-order valence-corrected chi connectivity index (χ3v) is 7.06. The molecular formula is C25H29N5O2. The SMILES string of the molecule is C[C@@H](Oc1nc(-c2ccc(N3CCCC3)cc2)cc2ncn(C3CC3)c12)[C@H]1CNC(=O)C1. The van der Waals surface area contributed by atoms with Gasteiger partial charge in [0, 0.05) is 49.3 Å². The molecule has 32 heavy (non-hydrogen) atoms. The molecule has 1 aromatic carbocycles. The Labute approximate surface area is 187 Å². The molecular weight excluding hydrogens is 402 g/mol. The Balaban J connectivity index is 1.35. The third kappa shape index (κ3) is 3.59. The summed E-state index contributed by atoms with van der Waals surface area (Å²) in [5.74, 6) is 0.871. The number of nitrogens with zero attached hydrogens (tertiary/aromatic N) is 4. The lowest BCUT2D eigenvalue weighted by atomic mass is 10.0. The van der Waals surface area contributed by atoms with Crippen molar-refractivity contribution in [3.8, 4) is 17.1 Å². The summed E-state index contributed by atoms with van der Waals surface area (Å²) in [4.78, 5) is 23.8. The minimum atomic E-state index is -0.111. The minimum absolute atomic E-state index is 0.0958. The average molecular weight is 432 g/mol. The number of hydrogen-bond acceptors (Lipinski definition) is 5. The summed E-state index contributed by atoms with van der Waals surface area (Å²) in [6.07, 6.45) is 7.18. The van der Waals surface area contributed by atoms with Crippen LogP contribution in [0.25, 0.3) is 22.3 Å². The predicted molar refractivity (Wildman–Crippen MR) is 124 cm³/mol. The van der Waals surface area contributed by atoms with Crippen LogP contribution in [0.4, 0.5) is 5.69 Å². The molecule has 4 heterocycles. The molecule has 1 N–H and O–H groups in total. The van der Waals surface area contributed by atoms with Gasteiger partial charge < -0.3 is 19.5 Å². The van der Waals surface area contributed by atoms with Crippen LogP contribution in [0.2, 0.25) is 0 Å². The largest absolute Gasteiger partial charge is 0.473 e. The maximum absolute atomic E-state index is 11.7. The van der Waals surface area contributed by atoms with Gasteiger partial charge in [0.1, 0.15) is 11.6 Å². The van der Waals surface area contributed by atoms with E-state index in [2.05, 4.69) is 45.1 Å². The Kier molecular flexibility index (Phi) is 4.77. The molecule has 7 nitrogen and oxygen atoms in total. The molecule has 3 aliphatic rings. The highest BCUT2D eigenvalue weighted by atomic mass is 16.5. The van der Waals surface area contributed by atoms with Crippen molar-refractivity contribution in [3.05, 3.63) is 36.7 Å². The Morgan fingerprint density at radius 1 is 1.16 bits per heavy atom. The number of pyridine rings is 1. The minimum Gasteiger partial charge on any atom is -0.473 e. The standard InChI is InChI=1S/C25H29N5O2/c1-16(18-12-23(31)26-14-18)32-25-24-22(27-15-30(24)20-8-9-20)13-21(28-25)17-4-6-19(7-5-17)29-10-2-3-11-29/h4-7,13,15-16,18,20H,2-3,8-12,14H2,1H3,(H,26,31)/t16-,18-/m1/s1. The van der Waals surface area contributed by atoms with E-state index in [9.17, 15) is 4.79 Å². The summed E-state index contributed by atoms with van der Waals surface area (Å²) in [6.45, 7) is 4.96. The molecule has 2 atom stereocenters. The van der Waals surface area contributed by atoms with Crippen LogP contribution in [-0.4, -0.2) is 46.2 Å². The molecule has 0 radical (unpaired) electrons. The van der Waals surface area contributed by atoms with E-state index < -0.39 is 0 Å². The maximum atomic E-state index is 11.7. The zero-order valence-corrected chi connectivity index (χ0v) is 18.5. The molecule has 3 aromatic rings. The Morgan fingerprint density at radius 3 is 2.62 bits per heavy atom. The van der Waals surface area contributed by atoms with Crippen molar-refractivity contribution in [2.45, 2.75) is 51.2 Å². The number of rotatable bonds is 6. The summed E-state index contributed by atoms with van der Waals surface area (Å²) in [5, 5.41) is 2.91. The number of anilines is 1. The number of hydrogen-bond donors (Lipinski definition) is 1. The summed E-state index contributed by atoms with van der Waals surface area (Å²) >= 11 is 0. The third-order valence-electron chi connectivity index (χ3n) is 7.06. The maximum Gasteiger partial charge on any atom is 0.241 e. The van der Waals surface area contributed by atoms with Crippen molar-refractivity contribution >= 4 is 22.6 Å². The van der Waals surface area contributed by atoms with Crippen molar-refractivity contribution in [2.24, 2.45) is 5.92 Å². The number of imidazole rings is 1. The molecule has 7 heteroatoms. The van der Waals surface area contributed by atoms with Crippen molar-refractivity contribution in [2.75, 3.05) is 24.5 Å². The van der Waals surface area contributed by atoms with Gasteiger partial charge in [-0.2, -0.15) is 0 Å². The molecule has 6 rings (SSSR count). The highest BCUT2D eigenvalue weighted by molar-refractivity contribution is 5.85. The van der Waals surface area contributed by atoms with E-state index in [0.29, 0.717) is 24.9 Å². The number of amides is 1. The van der Waals surface area contributed by atoms with E-state index in [1.807, 2.05) is 13.3 Å². The fourth-order valence-electron chi connectivity index (χ4n) is 4.93. The number of carbonyl (C=O) groups excluding carboxylic acids is 1. The number of aromatic nitrogens is 3. The van der Waals surface area contributed by atoms with Crippen LogP contribution in [0, 0.1) is 5.92 Å². The van der Waals surface area contributed by atoms with Crippen molar-refractivity contribution in [1.29, 1.82) is 0 Å². The van der Waals surface area contributed by atoms with E-state index in [1.165, 1.54) is 31.4 Å². The fraction of sp³-hybridized carbons (Fsp3) is 0.480. The Hall–Kier alpha value is -3.09. The van der Waals surface area contributed by atoms with E-state index in [4.69, 9.17) is 14.7 Å². The second kappa shape index (κ2) is 7.80. The van der Waals surface area contributed by atoms with Crippen LogP contribution in [0.15, 0.2) is 36.7 Å².